The van der Waals surface area contributed by atoms with Gasteiger partial charge in [0, 0.05) is 5.57 Å². The van der Waals surface area contributed by atoms with E-state index >= 15 is 0 Å². The minimum absolute atomic E-state index is 0.420. The third kappa shape index (κ3) is 2.50. The highest BCUT2D eigenvalue weighted by Gasteiger charge is 2.54. The lowest BCUT2D eigenvalue weighted by molar-refractivity contribution is -0.0503. The Kier molecular flexibility index (Phi) is 3.38. The quantitative estimate of drug-likeness (QED) is 0.593. The second kappa shape index (κ2) is 4.07. The molecule has 6 heteroatoms. The van der Waals surface area contributed by atoms with E-state index < -0.39 is 47.0 Å². The molecule has 1 atom stereocenters. The maximum atomic E-state index is 13.3. The smallest absolute Gasteiger partial charge is 0.235 e. The van der Waals surface area contributed by atoms with Crippen LogP contribution < -0.4 is 0 Å². The molecule has 0 saturated carbocycles. The van der Waals surface area contributed by atoms with Crippen LogP contribution in [0.2, 0.25) is 0 Å². The van der Waals surface area contributed by atoms with E-state index in [2.05, 4.69) is 0 Å². The Balaban J connectivity index is 3.28. The molecule has 0 fully saturated rings. The summed E-state index contributed by atoms with van der Waals surface area (Å²) >= 11 is 0. The van der Waals surface area contributed by atoms with Gasteiger partial charge in [-0.3, -0.25) is 0 Å². The normalized spacial score (nSPS) is 25.6. The van der Waals surface area contributed by atoms with E-state index in [0.29, 0.717) is 0 Å². The average Bonchev–Trinajstić information content (AvgIpc) is 2.18. The van der Waals surface area contributed by atoms with Gasteiger partial charge in [0.2, 0.25) is 5.83 Å². The van der Waals surface area contributed by atoms with Crippen LogP contribution in [0.1, 0.15) is 27.2 Å². The zero-order valence-corrected chi connectivity index (χ0v) is 9.55. The van der Waals surface area contributed by atoms with E-state index in [0.717, 1.165) is 0 Å². The van der Waals surface area contributed by atoms with Gasteiger partial charge in [0.05, 0.1) is 0 Å². The Morgan fingerprint density at radius 1 is 1.06 bits per heavy atom. The van der Waals surface area contributed by atoms with E-state index in [1.807, 2.05) is 0 Å². The molecule has 1 rings (SSSR count). The van der Waals surface area contributed by atoms with Crippen molar-refractivity contribution in [1.29, 1.82) is 0 Å². The molecule has 0 aromatic rings. The number of rotatable bonds is 1. The Hall–Kier alpha value is -0.940. The first-order chi connectivity index (χ1) is 7.48. The maximum absolute atomic E-state index is 13.3. The second-order valence-electron chi connectivity index (χ2n) is 5.19. The van der Waals surface area contributed by atoms with Crippen LogP contribution in [-0.4, -0.2) is 12.1 Å². The maximum Gasteiger partial charge on any atom is 0.336 e. The van der Waals surface area contributed by atoms with Gasteiger partial charge in [0.25, 0.3) is 0 Å². The van der Waals surface area contributed by atoms with Crippen molar-refractivity contribution in [3.8, 4) is 0 Å². The molecule has 1 aliphatic rings. The Morgan fingerprint density at radius 2 is 1.53 bits per heavy atom. The Morgan fingerprint density at radius 3 is 1.94 bits per heavy atom. The summed E-state index contributed by atoms with van der Waals surface area (Å²) in [7, 11) is 0. The topological polar surface area (TPSA) is 0 Å². The summed E-state index contributed by atoms with van der Waals surface area (Å²) in [6, 6.07) is 0. The van der Waals surface area contributed by atoms with Crippen LogP contribution in [0.5, 0.6) is 0 Å². The fourth-order valence-electron chi connectivity index (χ4n) is 1.56. The second-order valence-corrected chi connectivity index (χ2v) is 5.19. The van der Waals surface area contributed by atoms with Gasteiger partial charge in [0.1, 0.15) is 0 Å². The molecular weight excluding hydrogens is 246 g/mol. The summed E-state index contributed by atoms with van der Waals surface area (Å²) in [4.78, 5) is 0. The summed E-state index contributed by atoms with van der Waals surface area (Å²) in [5, 5.41) is 0. The van der Waals surface area contributed by atoms with Crippen LogP contribution in [-0.2, 0) is 0 Å². The SMILES string of the molecule is CC(C)(C)CC1=C(F)C(F)=C(F)C(F)(F)C1F. The standard InChI is InChI=1S/C11H12F6/c1-10(2,3)4-5-6(12)7(13)9(15)11(16,17)8(5)14/h8H,4H2,1-3H3. The molecule has 1 unspecified atom stereocenters. The number of hydrogen-bond acceptors (Lipinski definition) is 0. The van der Waals surface area contributed by atoms with Crippen molar-refractivity contribution in [3.05, 3.63) is 23.1 Å². The molecule has 1 aliphatic carbocycles. The molecule has 0 amide bonds. The van der Waals surface area contributed by atoms with Gasteiger partial charge in [-0.1, -0.05) is 20.8 Å². The van der Waals surface area contributed by atoms with Gasteiger partial charge < -0.3 is 0 Å². The molecule has 0 nitrogen and oxygen atoms in total. The number of hydrogen-bond donors (Lipinski definition) is 0. The number of allylic oxidation sites excluding steroid dienone is 4. The predicted octanol–water partition coefficient (Wildman–Crippen LogP) is 4.78. The third-order valence-electron chi connectivity index (χ3n) is 2.31. The zero-order valence-electron chi connectivity index (χ0n) is 9.55. The van der Waals surface area contributed by atoms with Gasteiger partial charge in [-0.2, -0.15) is 8.78 Å². The van der Waals surface area contributed by atoms with Gasteiger partial charge in [-0.15, -0.1) is 0 Å². The van der Waals surface area contributed by atoms with Gasteiger partial charge >= 0.3 is 5.92 Å². The molecule has 0 aromatic heterocycles. The van der Waals surface area contributed by atoms with Crippen molar-refractivity contribution in [1.82, 2.24) is 0 Å². The van der Waals surface area contributed by atoms with E-state index in [-0.39, 0.29) is 0 Å². The Labute approximate surface area is 95.0 Å². The largest absolute Gasteiger partial charge is 0.336 e. The highest BCUT2D eigenvalue weighted by molar-refractivity contribution is 5.40. The summed E-state index contributed by atoms with van der Waals surface area (Å²) < 4.78 is 78.2. The van der Waals surface area contributed by atoms with Crippen LogP contribution in [0.25, 0.3) is 0 Å². The summed E-state index contributed by atoms with van der Waals surface area (Å²) in [5.74, 6) is -11.5. The number of halogens is 6. The molecule has 0 aromatic carbocycles. The first-order valence-electron chi connectivity index (χ1n) is 4.95. The molecule has 0 bridgehead atoms. The minimum atomic E-state index is -4.64. The molecule has 0 N–H and O–H groups in total. The number of alkyl halides is 3. The van der Waals surface area contributed by atoms with Crippen molar-refractivity contribution in [2.75, 3.05) is 0 Å². The van der Waals surface area contributed by atoms with Crippen LogP contribution in [0.3, 0.4) is 0 Å². The van der Waals surface area contributed by atoms with E-state index in [1.54, 1.807) is 20.8 Å². The summed E-state index contributed by atoms with van der Waals surface area (Å²) in [5.41, 5.74) is -1.75. The van der Waals surface area contributed by atoms with E-state index in [9.17, 15) is 26.3 Å². The highest BCUT2D eigenvalue weighted by Crippen LogP contribution is 2.47. The van der Waals surface area contributed by atoms with E-state index in [1.165, 1.54) is 0 Å². The van der Waals surface area contributed by atoms with Crippen LogP contribution >= 0.6 is 0 Å². The lowest BCUT2D eigenvalue weighted by atomic mass is 9.82. The molecule has 0 radical (unpaired) electrons. The van der Waals surface area contributed by atoms with Crippen molar-refractivity contribution >= 4 is 0 Å². The third-order valence-corrected chi connectivity index (χ3v) is 2.31. The summed E-state index contributed by atoms with van der Waals surface area (Å²) in [6.45, 7) is 4.64. The fraction of sp³-hybridized carbons (Fsp3) is 0.636. The summed E-state index contributed by atoms with van der Waals surface area (Å²) in [6.07, 6.45) is -3.59. The lowest BCUT2D eigenvalue weighted by Gasteiger charge is -2.29. The molecule has 98 valence electrons. The van der Waals surface area contributed by atoms with Gasteiger partial charge in [-0.05, 0) is 11.8 Å². The lowest BCUT2D eigenvalue weighted by Crippen LogP contribution is -2.37. The molecule has 0 spiro atoms. The Bertz CT molecular complexity index is 385. The average molecular weight is 258 g/mol. The van der Waals surface area contributed by atoms with Crippen LogP contribution in [0, 0.1) is 5.41 Å². The molecule has 0 heterocycles. The molecule has 0 aliphatic heterocycles. The monoisotopic (exact) mass is 258 g/mol. The zero-order chi connectivity index (χ0) is 13.6. The van der Waals surface area contributed by atoms with Crippen LogP contribution in [0.15, 0.2) is 23.1 Å². The first kappa shape index (κ1) is 14.1. The predicted molar refractivity (Wildman–Crippen MR) is 51.3 cm³/mol. The first-order valence-corrected chi connectivity index (χ1v) is 4.95. The highest BCUT2D eigenvalue weighted by atomic mass is 19.3. The van der Waals surface area contributed by atoms with E-state index in [4.69, 9.17) is 0 Å². The fourth-order valence-corrected chi connectivity index (χ4v) is 1.56. The van der Waals surface area contributed by atoms with Crippen LogP contribution in [0.4, 0.5) is 26.3 Å². The van der Waals surface area contributed by atoms with Crippen molar-refractivity contribution in [2.45, 2.75) is 39.3 Å². The van der Waals surface area contributed by atoms with Gasteiger partial charge in [-0.25, -0.2) is 17.6 Å². The van der Waals surface area contributed by atoms with Gasteiger partial charge in [0.15, 0.2) is 17.8 Å². The van der Waals surface area contributed by atoms with Crippen molar-refractivity contribution in [3.63, 3.8) is 0 Å². The van der Waals surface area contributed by atoms with Crippen molar-refractivity contribution in [2.24, 2.45) is 5.41 Å². The molecule has 0 saturated heterocycles. The van der Waals surface area contributed by atoms with Crippen molar-refractivity contribution < 1.29 is 26.3 Å². The molecule has 17 heavy (non-hydrogen) atoms. The minimum Gasteiger partial charge on any atom is -0.235 e. The molecular formula is C11H12F6.